The lowest BCUT2D eigenvalue weighted by Gasteiger charge is -2.20. The molecule has 2 aromatic carbocycles. The first-order valence-electron chi connectivity index (χ1n) is 10.8. The monoisotopic (exact) mass is 460 g/mol. The van der Waals surface area contributed by atoms with Crippen LogP contribution >= 0.6 is 0 Å². The van der Waals surface area contributed by atoms with Crippen LogP contribution < -0.4 is 5.32 Å². The zero-order chi connectivity index (χ0) is 23.1. The maximum absolute atomic E-state index is 14.0. The molecular weight excluding hydrogens is 439 g/mol. The summed E-state index contributed by atoms with van der Waals surface area (Å²) in [6.45, 7) is 1.80. The highest BCUT2D eigenvalue weighted by Crippen LogP contribution is 2.40. The normalized spacial score (nSPS) is 22.5. The number of rotatable bonds is 5. The van der Waals surface area contributed by atoms with Crippen LogP contribution in [-0.2, 0) is 6.54 Å². The van der Waals surface area contributed by atoms with E-state index >= 15 is 0 Å². The van der Waals surface area contributed by atoms with Crippen LogP contribution in [0, 0.1) is 40.9 Å². The first-order chi connectivity index (χ1) is 15.9. The maximum atomic E-state index is 14.0. The summed E-state index contributed by atoms with van der Waals surface area (Å²) in [4.78, 5) is 2.09. The molecular formula is C24H21F5N4. The SMILES string of the molecule is Fc1cc(F)c(F)c(-c2ccc(NC3C[C@@H]4CN(Cc5c(F)cccc5F)C[C@@H]4C3)nn2)c1. The molecule has 2 fully saturated rings. The standard InChI is InChI=1S/C24H21F5N4/c25-15-8-17(24(29)21(28)9-15)22-4-5-23(32-31-22)30-16-6-13-10-33(11-14(13)7-16)12-18-19(26)2-1-3-20(18)27/h1-5,8-9,13-14,16H,6-7,10-12H2,(H,30,32)/t13-,14+,16?. The third kappa shape index (κ3) is 4.42. The Morgan fingerprint density at radius 2 is 1.55 bits per heavy atom. The van der Waals surface area contributed by atoms with Gasteiger partial charge in [0.15, 0.2) is 11.6 Å². The van der Waals surface area contributed by atoms with E-state index < -0.39 is 29.1 Å². The molecule has 2 heterocycles. The quantitative estimate of drug-likeness (QED) is 0.422. The van der Waals surface area contributed by atoms with Crippen molar-refractivity contribution in [2.24, 2.45) is 11.8 Å². The molecule has 3 aromatic rings. The van der Waals surface area contributed by atoms with Gasteiger partial charge in [-0.05, 0) is 55.0 Å². The highest BCUT2D eigenvalue weighted by molar-refractivity contribution is 5.60. The molecule has 1 aromatic heterocycles. The maximum Gasteiger partial charge on any atom is 0.168 e. The number of halogens is 5. The van der Waals surface area contributed by atoms with Crippen molar-refractivity contribution in [2.75, 3.05) is 18.4 Å². The molecule has 0 spiro atoms. The molecule has 5 rings (SSSR count). The molecule has 33 heavy (non-hydrogen) atoms. The number of nitrogens with one attached hydrogen (secondary N) is 1. The van der Waals surface area contributed by atoms with E-state index in [2.05, 4.69) is 20.4 Å². The zero-order valence-electron chi connectivity index (χ0n) is 17.5. The van der Waals surface area contributed by atoms with E-state index in [0.29, 0.717) is 23.7 Å². The number of fused-ring (bicyclic) bond motifs is 1. The molecule has 2 aliphatic rings. The van der Waals surface area contributed by atoms with Gasteiger partial charge in [-0.3, -0.25) is 4.90 Å². The second-order valence-corrected chi connectivity index (χ2v) is 8.78. The Morgan fingerprint density at radius 3 is 2.18 bits per heavy atom. The Morgan fingerprint density at radius 1 is 0.848 bits per heavy atom. The van der Waals surface area contributed by atoms with Crippen molar-refractivity contribution in [3.05, 3.63) is 77.1 Å². The Balaban J connectivity index is 1.19. The lowest BCUT2D eigenvalue weighted by Crippen LogP contribution is -2.26. The first kappa shape index (κ1) is 21.8. The number of anilines is 1. The zero-order valence-corrected chi connectivity index (χ0v) is 17.5. The molecule has 1 N–H and O–H groups in total. The van der Waals surface area contributed by atoms with Gasteiger partial charge in [-0.15, -0.1) is 10.2 Å². The number of likely N-dealkylation sites (tertiary alicyclic amines) is 1. The summed E-state index contributed by atoms with van der Waals surface area (Å²) in [7, 11) is 0. The minimum absolute atomic E-state index is 0.0377. The van der Waals surface area contributed by atoms with E-state index in [1.54, 1.807) is 6.07 Å². The Hall–Kier alpha value is -3.07. The molecule has 1 unspecified atom stereocenters. The van der Waals surface area contributed by atoms with Gasteiger partial charge in [-0.25, -0.2) is 22.0 Å². The molecule has 9 heteroatoms. The van der Waals surface area contributed by atoms with Gasteiger partial charge in [0.1, 0.15) is 23.3 Å². The summed E-state index contributed by atoms with van der Waals surface area (Å²) in [6.07, 6.45) is 1.77. The summed E-state index contributed by atoms with van der Waals surface area (Å²) < 4.78 is 68.8. The molecule has 1 saturated carbocycles. The average Bonchev–Trinajstić information content (AvgIpc) is 3.32. The van der Waals surface area contributed by atoms with Crippen LogP contribution in [0.5, 0.6) is 0 Å². The van der Waals surface area contributed by atoms with Gasteiger partial charge in [-0.1, -0.05) is 6.07 Å². The van der Waals surface area contributed by atoms with Crippen molar-refractivity contribution >= 4 is 5.82 Å². The largest absolute Gasteiger partial charge is 0.366 e. The Labute approximate surface area is 187 Å². The molecule has 1 aliphatic carbocycles. The summed E-state index contributed by atoms with van der Waals surface area (Å²) in [5.41, 5.74) is -0.138. The fourth-order valence-corrected chi connectivity index (χ4v) is 5.06. The number of hydrogen-bond acceptors (Lipinski definition) is 4. The van der Waals surface area contributed by atoms with Crippen molar-refractivity contribution in [3.63, 3.8) is 0 Å². The summed E-state index contributed by atoms with van der Waals surface area (Å²) in [5.74, 6) is -3.07. The van der Waals surface area contributed by atoms with Crippen LogP contribution in [0.15, 0.2) is 42.5 Å². The molecule has 0 radical (unpaired) electrons. The molecule has 172 valence electrons. The van der Waals surface area contributed by atoms with Gasteiger partial charge >= 0.3 is 0 Å². The Kier molecular flexibility index (Phi) is 5.74. The van der Waals surface area contributed by atoms with Crippen molar-refractivity contribution in [3.8, 4) is 11.3 Å². The van der Waals surface area contributed by atoms with Gasteiger partial charge in [-0.2, -0.15) is 0 Å². The lowest BCUT2D eigenvalue weighted by atomic mass is 10.0. The summed E-state index contributed by atoms with van der Waals surface area (Å²) in [6, 6.07) is 8.52. The number of nitrogens with zero attached hydrogens (tertiary/aromatic N) is 3. The van der Waals surface area contributed by atoms with Crippen LogP contribution in [0.1, 0.15) is 18.4 Å². The smallest absolute Gasteiger partial charge is 0.168 e. The van der Waals surface area contributed by atoms with Gasteiger partial charge < -0.3 is 5.32 Å². The molecule has 0 amide bonds. The highest BCUT2D eigenvalue weighted by Gasteiger charge is 2.41. The second kappa shape index (κ2) is 8.70. The van der Waals surface area contributed by atoms with Crippen LogP contribution in [0.25, 0.3) is 11.3 Å². The number of aromatic nitrogens is 2. The van der Waals surface area contributed by atoms with Crippen molar-refractivity contribution < 1.29 is 22.0 Å². The van der Waals surface area contributed by atoms with E-state index in [9.17, 15) is 22.0 Å². The third-order valence-electron chi connectivity index (χ3n) is 6.56. The van der Waals surface area contributed by atoms with E-state index in [1.165, 1.54) is 24.3 Å². The highest BCUT2D eigenvalue weighted by atomic mass is 19.2. The molecule has 1 aliphatic heterocycles. The van der Waals surface area contributed by atoms with Crippen LogP contribution in [-0.4, -0.2) is 34.2 Å². The van der Waals surface area contributed by atoms with E-state index in [4.69, 9.17) is 0 Å². The van der Waals surface area contributed by atoms with Crippen LogP contribution in [0.2, 0.25) is 0 Å². The molecule has 1 saturated heterocycles. The lowest BCUT2D eigenvalue weighted by molar-refractivity contribution is 0.291. The third-order valence-corrected chi connectivity index (χ3v) is 6.56. The van der Waals surface area contributed by atoms with Crippen molar-refractivity contribution in [2.45, 2.75) is 25.4 Å². The predicted molar refractivity (Wildman–Crippen MR) is 113 cm³/mol. The number of benzene rings is 2. The average molecular weight is 460 g/mol. The van der Waals surface area contributed by atoms with Crippen LogP contribution in [0.4, 0.5) is 27.8 Å². The minimum Gasteiger partial charge on any atom is -0.366 e. The molecule has 4 nitrogen and oxygen atoms in total. The second-order valence-electron chi connectivity index (χ2n) is 8.78. The van der Waals surface area contributed by atoms with E-state index in [-0.39, 0.29) is 29.4 Å². The summed E-state index contributed by atoms with van der Waals surface area (Å²) >= 11 is 0. The van der Waals surface area contributed by atoms with Gasteiger partial charge in [0.25, 0.3) is 0 Å². The fraction of sp³-hybridized carbons (Fsp3) is 0.333. The van der Waals surface area contributed by atoms with Gasteiger partial charge in [0, 0.05) is 42.9 Å². The number of hydrogen-bond donors (Lipinski definition) is 1. The van der Waals surface area contributed by atoms with Gasteiger partial charge in [0.2, 0.25) is 0 Å². The molecule has 3 atom stereocenters. The van der Waals surface area contributed by atoms with Gasteiger partial charge in [0.05, 0.1) is 5.69 Å². The molecule has 0 bridgehead atoms. The Bertz CT molecular complexity index is 1140. The predicted octanol–water partition coefficient (Wildman–Crippen LogP) is 5.16. The first-order valence-corrected chi connectivity index (χ1v) is 10.8. The topological polar surface area (TPSA) is 41.0 Å². The van der Waals surface area contributed by atoms with Crippen molar-refractivity contribution in [1.82, 2.24) is 15.1 Å². The van der Waals surface area contributed by atoms with E-state index in [0.717, 1.165) is 32.0 Å². The van der Waals surface area contributed by atoms with Crippen LogP contribution in [0.3, 0.4) is 0 Å². The fourth-order valence-electron chi connectivity index (χ4n) is 5.06. The minimum atomic E-state index is -1.28. The van der Waals surface area contributed by atoms with E-state index in [1.807, 2.05) is 0 Å². The summed E-state index contributed by atoms with van der Waals surface area (Å²) in [5, 5.41) is 11.3. The van der Waals surface area contributed by atoms with Crippen molar-refractivity contribution in [1.29, 1.82) is 0 Å².